The fourth-order valence-electron chi connectivity index (χ4n) is 1.78. The number of oxazole rings is 1. The predicted octanol–water partition coefficient (Wildman–Crippen LogP) is 4.57. The number of halogens is 1. The van der Waals surface area contributed by atoms with E-state index in [1.807, 2.05) is 49.4 Å². The molecule has 0 amide bonds. The van der Waals surface area contributed by atoms with Gasteiger partial charge in [-0.3, -0.25) is 0 Å². The van der Waals surface area contributed by atoms with Gasteiger partial charge in [0.1, 0.15) is 5.52 Å². The van der Waals surface area contributed by atoms with Crippen LogP contribution in [0.15, 0.2) is 51.4 Å². The van der Waals surface area contributed by atoms with Crippen LogP contribution in [0, 0.1) is 6.92 Å². The molecule has 0 atom stereocenters. The van der Waals surface area contributed by atoms with Crippen molar-refractivity contribution >= 4 is 27.0 Å². The summed E-state index contributed by atoms with van der Waals surface area (Å²) in [7, 11) is 0. The van der Waals surface area contributed by atoms with E-state index >= 15 is 0 Å². The minimum absolute atomic E-state index is 0.659. The van der Waals surface area contributed by atoms with E-state index in [0.29, 0.717) is 5.89 Å². The second-order valence-corrected chi connectivity index (χ2v) is 4.92. The summed E-state index contributed by atoms with van der Waals surface area (Å²) in [4.78, 5) is 4.48. The Morgan fingerprint density at radius 2 is 2.00 bits per heavy atom. The summed E-state index contributed by atoms with van der Waals surface area (Å²) in [5, 5.41) is 0. The summed E-state index contributed by atoms with van der Waals surface area (Å²) in [6.45, 7) is 2.04. The van der Waals surface area contributed by atoms with Crippen molar-refractivity contribution < 1.29 is 4.42 Å². The van der Waals surface area contributed by atoms with Gasteiger partial charge < -0.3 is 4.42 Å². The fourth-order valence-corrected chi connectivity index (χ4v) is 2.18. The summed E-state index contributed by atoms with van der Waals surface area (Å²) in [5.74, 6) is 0.659. The van der Waals surface area contributed by atoms with Crippen molar-refractivity contribution in [1.29, 1.82) is 0 Å². The minimum atomic E-state index is 0.659. The number of hydrogen-bond acceptors (Lipinski definition) is 2. The fraction of sp³-hybridized carbons (Fsp3) is 0.0714. The van der Waals surface area contributed by atoms with Gasteiger partial charge in [-0.05, 0) is 42.8 Å². The molecule has 3 aromatic rings. The van der Waals surface area contributed by atoms with Gasteiger partial charge in [0.15, 0.2) is 5.58 Å². The first-order valence-corrected chi connectivity index (χ1v) is 6.15. The molecule has 0 saturated carbocycles. The summed E-state index contributed by atoms with van der Waals surface area (Å²) in [6, 6.07) is 14.0. The predicted molar refractivity (Wildman–Crippen MR) is 71.9 cm³/mol. The van der Waals surface area contributed by atoms with E-state index in [4.69, 9.17) is 4.42 Å². The maximum atomic E-state index is 5.76. The van der Waals surface area contributed by atoms with Crippen molar-refractivity contribution in [2.24, 2.45) is 0 Å². The highest BCUT2D eigenvalue weighted by molar-refractivity contribution is 9.10. The van der Waals surface area contributed by atoms with Crippen molar-refractivity contribution in [3.8, 4) is 11.5 Å². The first-order valence-electron chi connectivity index (χ1n) is 5.35. The Balaban J connectivity index is 2.18. The van der Waals surface area contributed by atoms with Crippen molar-refractivity contribution in [2.45, 2.75) is 6.92 Å². The first-order chi connectivity index (χ1) is 8.22. The van der Waals surface area contributed by atoms with Crippen LogP contribution in [0.25, 0.3) is 22.6 Å². The van der Waals surface area contributed by atoms with E-state index in [1.54, 1.807) is 0 Å². The molecule has 0 aliphatic rings. The molecule has 0 spiro atoms. The molecule has 17 heavy (non-hydrogen) atoms. The number of benzene rings is 2. The second-order valence-electron chi connectivity index (χ2n) is 4.00. The smallest absolute Gasteiger partial charge is 0.227 e. The van der Waals surface area contributed by atoms with Gasteiger partial charge in [-0.15, -0.1) is 0 Å². The molecular weight excluding hydrogens is 278 g/mol. The quantitative estimate of drug-likeness (QED) is 0.655. The largest absolute Gasteiger partial charge is 0.436 e. The molecule has 2 aromatic carbocycles. The zero-order chi connectivity index (χ0) is 11.8. The van der Waals surface area contributed by atoms with Gasteiger partial charge in [-0.25, -0.2) is 4.98 Å². The molecule has 3 rings (SSSR count). The molecule has 0 aliphatic carbocycles. The first kappa shape index (κ1) is 10.5. The number of aromatic nitrogens is 1. The average Bonchev–Trinajstić information content (AvgIpc) is 2.72. The number of aryl methyl sites for hydroxylation is 1. The van der Waals surface area contributed by atoms with Crippen LogP contribution in [0.2, 0.25) is 0 Å². The third-order valence-electron chi connectivity index (χ3n) is 2.62. The summed E-state index contributed by atoms with van der Waals surface area (Å²) in [6.07, 6.45) is 0. The molecule has 84 valence electrons. The van der Waals surface area contributed by atoms with Crippen LogP contribution in [0.1, 0.15) is 5.56 Å². The van der Waals surface area contributed by atoms with Crippen LogP contribution in [0.4, 0.5) is 0 Å². The molecule has 0 aliphatic heterocycles. The molecule has 0 N–H and O–H groups in total. The molecule has 2 nitrogen and oxygen atoms in total. The Labute approximate surface area is 107 Å². The monoisotopic (exact) mass is 287 g/mol. The average molecular weight is 288 g/mol. The zero-order valence-corrected chi connectivity index (χ0v) is 10.9. The van der Waals surface area contributed by atoms with E-state index in [1.165, 1.54) is 5.56 Å². The Hall–Kier alpha value is -1.61. The molecule has 0 saturated heterocycles. The van der Waals surface area contributed by atoms with E-state index in [-0.39, 0.29) is 0 Å². The minimum Gasteiger partial charge on any atom is -0.436 e. The summed E-state index contributed by atoms with van der Waals surface area (Å²) >= 11 is 3.45. The highest BCUT2D eigenvalue weighted by Gasteiger charge is 2.08. The Kier molecular flexibility index (Phi) is 2.48. The highest BCUT2D eigenvalue weighted by Crippen LogP contribution is 2.26. The van der Waals surface area contributed by atoms with Crippen molar-refractivity contribution in [3.63, 3.8) is 0 Å². The molecular formula is C14H10BrNO. The van der Waals surface area contributed by atoms with Gasteiger partial charge in [0, 0.05) is 10.0 Å². The van der Waals surface area contributed by atoms with Gasteiger partial charge in [-0.1, -0.05) is 28.1 Å². The van der Waals surface area contributed by atoms with Crippen LogP contribution in [0.3, 0.4) is 0 Å². The number of nitrogens with zero attached hydrogens (tertiary/aromatic N) is 1. The lowest BCUT2D eigenvalue weighted by molar-refractivity contribution is 0.619. The van der Waals surface area contributed by atoms with Crippen LogP contribution >= 0.6 is 15.9 Å². The van der Waals surface area contributed by atoms with Crippen LogP contribution in [-0.2, 0) is 0 Å². The number of fused-ring (bicyclic) bond motifs is 1. The van der Waals surface area contributed by atoms with Gasteiger partial charge in [0.2, 0.25) is 5.89 Å². The Morgan fingerprint density at radius 1 is 1.12 bits per heavy atom. The topological polar surface area (TPSA) is 26.0 Å². The Bertz CT molecular complexity index is 688. The number of rotatable bonds is 1. The van der Waals surface area contributed by atoms with E-state index < -0.39 is 0 Å². The second kappa shape index (κ2) is 4.00. The lowest BCUT2D eigenvalue weighted by atomic mass is 10.2. The van der Waals surface area contributed by atoms with Gasteiger partial charge in [0.25, 0.3) is 0 Å². The Morgan fingerprint density at radius 3 is 2.82 bits per heavy atom. The SMILES string of the molecule is Cc1ccc2nc(-c3cccc(Br)c3)oc2c1. The van der Waals surface area contributed by atoms with Crippen molar-refractivity contribution in [3.05, 3.63) is 52.5 Å². The molecule has 1 heterocycles. The molecule has 0 unspecified atom stereocenters. The molecule has 0 radical (unpaired) electrons. The lowest BCUT2D eigenvalue weighted by Gasteiger charge is -1.94. The molecule has 0 bridgehead atoms. The normalized spacial score (nSPS) is 10.9. The lowest BCUT2D eigenvalue weighted by Crippen LogP contribution is -1.76. The third kappa shape index (κ3) is 1.98. The summed E-state index contributed by atoms with van der Waals surface area (Å²) < 4.78 is 6.78. The van der Waals surface area contributed by atoms with Crippen LogP contribution < -0.4 is 0 Å². The van der Waals surface area contributed by atoms with Gasteiger partial charge >= 0.3 is 0 Å². The van der Waals surface area contributed by atoms with E-state index in [2.05, 4.69) is 20.9 Å². The molecule has 3 heteroatoms. The molecule has 0 fully saturated rings. The van der Waals surface area contributed by atoms with Crippen molar-refractivity contribution in [2.75, 3.05) is 0 Å². The zero-order valence-electron chi connectivity index (χ0n) is 9.27. The van der Waals surface area contributed by atoms with Gasteiger partial charge in [0.05, 0.1) is 0 Å². The van der Waals surface area contributed by atoms with Crippen molar-refractivity contribution in [1.82, 2.24) is 4.98 Å². The van der Waals surface area contributed by atoms with Crippen LogP contribution in [0.5, 0.6) is 0 Å². The highest BCUT2D eigenvalue weighted by atomic mass is 79.9. The van der Waals surface area contributed by atoms with Crippen LogP contribution in [-0.4, -0.2) is 4.98 Å². The number of hydrogen-bond donors (Lipinski definition) is 0. The standard InChI is InChI=1S/C14H10BrNO/c1-9-5-6-12-13(7-9)17-14(16-12)10-3-2-4-11(15)8-10/h2-8H,1H3. The van der Waals surface area contributed by atoms with E-state index in [0.717, 1.165) is 21.1 Å². The summed E-state index contributed by atoms with van der Waals surface area (Å²) in [5.41, 5.74) is 3.88. The maximum Gasteiger partial charge on any atom is 0.227 e. The van der Waals surface area contributed by atoms with Gasteiger partial charge in [-0.2, -0.15) is 0 Å². The third-order valence-corrected chi connectivity index (χ3v) is 3.11. The molecule has 1 aromatic heterocycles. The van der Waals surface area contributed by atoms with E-state index in [9.17, 15) is 0 Å². The maximum absolute atomic E-state index is 5.76.